The fraction of sp³-hybridized carbons (Fsp3) is 0.240. The quantitative estimate of drug-likeness (QED) is 0.623. The lowest BCUT2D eigenvalue weighted by Crippen LogP contribution is -2.46. The topological polar surface area (TPSA) is 47.6 Å². The van der Waals surface area contributed by atoms with Crippen molar-refractivity contribution in [2.75, 3.05) is 48.3 Å². The van der Waals surface area contributed by atoms with Crippen molar-refractivity contribution < 1.29 is 4.79 Å². The Morgan fingerprint density at radius 2 is 1.37 bits per heavy atom. The number of amides is 1. The van der Waals surface area contributed by atoms with Crippen LogP contribution in [0.25, 0.3) is 0 Å². The maximum Gasteiger partial charge on any atom is 0.255 e. The molecule has 3 aromatic rings. The zero-order valence-electron chi connectivity index (χ0n) is 17.3. The van der Waals surface area contributed by atoms with Crippen molar-refractivity contribution in [1.82, 2.24) is 4.90 Å². The number of hydrogen-bond donors (Lipinski definition) is 2. The standard InChI is InChI=1S/C25H28N4O/c1-2-28-16-18-29(19-17-28)24-14-8-20(9-15-24)25(30)27-23-12-10-22(11-13-23)26-21-6-4-3-5-7-21/h3-15,26H,2,16-19H2,1H3,(H,27,30). The molecule has 1 heterocycles. The average Bonchev–Trinajstić information content (AvgIpc) is 2.81. The molecule has 1 aliphatic heterocycles. The summed E-state index contributed by atoms with van der Waals surface area (Å²) in [7, 11) is 0. The Hall–Kier alpha value is -3.31. The molecule has 4 rings (SSSR count). The molecule has 0 aromatic heterocycles. The first-order chi connectivity index (χ1) is 14.7. The van der Waals surface area contributed by atoms with Crippen LogP contribution in [0.2, 0.25) is 0 Å². The van der Waals surface area contributed by atoms with Gasteiger partial charge in [0.05, 0.1) is 0 Å². The molecule has 0 spiro atoms. The molecule has 1 amide bonds. The van der Waals surface area contributed by atoms with Crippen molar-refractivity contribution in [1.29, 1.82) is 0 Å². The normalized spacial score (nSPS) is 14.4. The van der Waals surface area contributed by atoms with Crippen LogP contribution in [0.3, 0.4) is 0 Å². The van der Waals surface area contributed by atoms with Gasteiger partial charge in [-0.25, -0.2) is 0 Å². The molecule has 154 valence electrons. The van der Waals surface area contributed by atoms with Gasteiger partial charge in [0.15, 0.2) is 0 Å². The Morgan fingerprint density at radius 3 is 2.00 bits per heavy atom. The number of nitrogens with zero attached hydrogens (tertiary/aromatic N) is 2. The van der Waals surface area contributed by atoms with Gasteiger partial charge in [0, 0.05) is 54.5 Å². The van der Waals surface area contributed by atoms with E-state index >= 15 is 0 Å². The molecule has 0 atom stereocenters. The lowest BCUT2D eigenvalue weighted by atomic mass is 10.1. The summed E-state index contributed by atoms with van der Waals surface area (Å²) in [6, 6.07) is 25.6. The van der Waals surface area contributed by atoms with Crippen LogP contribution < -0.4 is 15.5 Å². The minimum atomic E-state index is -0.0962. The number of rotatable bonds is 6. The number of piperazine rings is 1. The average molecular weight is 401 g/mol. The van der Waals surface area contributed by atoms with Crippen molar-refractivity contribution in [3.05, 3.63) is 84.4 Å². The number of carbonyl (C=O) groups is 1. The smallest absolute Gasteiger partial charge is 0.255 e. The predicted molar refractivity (Wildman–Crippen MR) is 125 cm³/mol. The van der Waals surface area contributed by atoms with E-state index in [1.165, 1.54) is 5.69 Å². The van der Waals surface area contributed by atoms with E-state index < -0.39 is 0 Å². The van der Waals surface area contributed by atoms with Crippen molar-refractivity contribution in [2.24, 2.45) is 0 Å². The molecule has 2 N–H and O–H groups in total. The number of nitrogens with one attached hydrogen (secondary N) is 2. The fourth-order valence-electron chi connectivity index (χ4n) is 3.67. The molecular formula is C25H28N4O. The Morgan fingerprint density at radius 1 is 0.767 bits per heavy atom. The van der Waals surface area contributed by atoms with Gasteiger partial charge in [-0.2, -0.15) is 0 Å². The van der Waals surface area contributed by atoms with Gasteiger partial charge in [0.25, 0.3) is 5.91 Å². The van der Waals surface area contributed by atoms with Crippen LogP contribution in [0.1, 0.15) is 17.3 Å². The van der Waals surface area contributed by atoms with Crippen molar-refractivity contribution in [3.8, 4) is 0 Å². The summed E-state index contributed by atoms with van der Waals surface area (Å²) in [5.74, 6) is -0.0962. The molecule has 0 aliphatic carbocycles. The third-order valence-electron chi connectivity index (χ3n) is 5.52. The van der Waals surface area contributed by atoms with E-state index in [-0.39, 0.29) is 5.91 Å². The molecular weight excluding hydrogens is 372 g/mol. The Bertz CT molecular complexity index is 947. The van der Waals surface area contributed by atoms with E-state index in [1.54, 1.807) is 0 Å². The first kappa shape index (κ1) is 20.0. The van der Waals surface area contributed by atoms with E-state index in [0.29, 0.717) is 5.56 Å². The monoisotopic (exact) mass is 400 g/mol. The third-order valence-corrected chi connectivity index (χ3v) is 5.52. The highest BCUT2D eigenvalue weighted by Crippen LogP contribution is 2.21. The van der Waals surface area contributed by atoms with Gasteiger partial charge in [-0.05, 0) is 67.2 Å². The van der Waals surface area contributed by atoms with Crippen LogP contribution in [0.5, 0.6) is 0 Å². The van der Waals surface area contributed by atoms with E-state index in [1.807, 2.05) is 78.9 Å². The molecule has 1 fully saturated rings. The first-order valence-corrected chi connectivity index (χ1v) is 10.5. The van der Waals surface area contributed by atoms with E-state index in [4.69, 9.17) is 0 Å². The molecule has 5 heteroatoms. The number of benzene rings is 3. The first-order valence-electron chi connectivity index (χ1n) is 10.5. The van der Waals surface area contributed by atoms with Crippen LogP contribution in [0.4, 0.5) is 22.7 Å². The van der Waals surface area contributed by atoms with E-state index in [0.717, 1.165) is 49.8 Å². The maximum atomic E-state index is 12.6. The summed E-state index contributed by atoms with van der Waals surface area (Å²) >= 11 is 0. The summed E-state index contributed by atoms with van der Waals surface area (Å²) in [6.45, 7) is 7.56. The van der Waals surface area contributed by atoms with Crippen molar-refractivity contribution in [3.63, 3.8) is 0 Å². The SMILES string of the molecule is CCN1CCN(c2ccc(C(=O)Nc3ccc(Nc4ccccc4)cc3)cc2)CC1. The lowest BCUT2D eigenvalue weighted by molar-refractivity contribution is 0.102. The molecule has 30 heavy (non-hydrogen) atoms. The van der Waals surface area contributed by atoms with Crippen molar-refractivity contribution >= 4 is 28.7 Å². The molecule has 0 radical (unpaired) electrons. The van der Waals surface area contributed by atoms with Gasteiger partial charge in [0.2, 0.25) is 0 Å². The molecule has 1 saturated heterocycles. The van der Waals surface area contributed by atoms with Crippen LogP contribution in [0, 0.1) is 0 Å². The summed E-state index contributed by atoms with van der Waals surface area (Å²) in [5, 5.41) is 6.31. The van der Waals surface area contributed by atoms with Crippen LogP contribution in [-0.4, -0.2) is 43.5 Å². The zero-order chi connectivity index (χ0) is 20.8. The predicted octanol–water partition coefficient (Wildman–Crippen LogP) is 4.82. The van der Waals surface area contributed by atoms with E-state index in [2.05, 4.69) is 27.4 Å². The summed E-state index contributed by atoms with van der Waals surface area (Å²) in [4.78, 5) is 17.5. The molecule has 0 bridgehead atoms. The number of hydrogen-bond acceptors (Lipinski definition) is 4. The van der Waals surface area contributed by atoms with Gasteiger partial charge in [0.1, 0.15) is 0 Å². The van der Waals surface area contributed by atoms with Crippen molar-refractivity contribution in [2.45, 2.75) is 6.92 Å². The minimum Gasteiger partial charge on any atom is -0.369 e. The second-order valence-corrected chi connectivity index (χ2v) is 7.49. The van der Waals surface area contributed by atoms with Gasteiger partial charge >= 0.3 is 0 Å². The zero-order valence-corrected chi connectivity index (χ0v) is 17.3. The third kappa shape index (κ3) is 4.99. The Balaban J connectivity index is 1.33. The number of likely N-dealkylation sites (N-methyl/N-ethyl adjacent to an activating group) is 1. The minimum absolute atomic E-state index is 0.0962. The molecule has 1 aliphatic rings. The van der Waals surface area contributed by atoms with Crippen LogP contribution in [-0.2, 0) is 0 Å². The van der Waals surface area contributed by atoms with Gasteiger partial charge in [-0.15, -0.1) is 0 Å². The second-order valence-electron chi connectivity index (χ2n) is 7.49. The largest absolute Gasteiger partial charge is 0.369 e. The summed E-state index contributed by atoms with van der Waals surface area (Å²) in [5.41, 5.74) is 4.63. The highest BCUT2D eigenvalue weighted by Gasteiger charge is 2.16. The Kier molecular flexibility index (Phi) is 6.30. The molecule has 3 aromatic carbocycles. The number of anilines is 4. The van der Waals surface area contributed by atoms with Crippen LogP contribution in [0.15, 0.2) is 78.9 Å². The Labute approximate surface area is 178 Å². The fourth-order valence-corrected chi connectivity index (χ4v) is 3.67. The van der Waals surface area contributed by atoms with Gasteiger partial charge in [-0.3, -0.25) is 4.79 Å². The number of carbonyl (C=O) groups excluding carboxylic acids is 1. The molecule has 5 nitrogen and oxygen atoms in total. The van der Waals surface area contributed by atoms with Gasteiger partial charge < -0.3 is 20.4 Å². The lowest BCUT2D eigenvalue weighted by Gasteiger charge is -2.35. The highest BCUT2D eigenvalue weighted by molar-refractivity contribution is 6.04. The maximum absolute atomic E-state index is 12.6. The summed E-state index contributed by atoms with van der Waals surface area (Å²) < 4.78 is 0. The molecule has 0 saturated carbocycles. The van der Waals surface area contributed by atoms with E-state index in [9.17, 15) is 4.79 Å². The number of para-hydroxylation sites is 1. The molecule has 0 unspecified atom stereocenters. The second kappa shape index (κ2) is 9.46. The highest BCUT2D eigenvalue weighted by atomic mass is 16.1. The van der Waals surface area contributed by atoms with Crippen LogP contribution >= 0.6 is 0 Å². The van der Waals surface area contributed by atoms with Gasteiger partial charge in [-0.1, -0.05) is 25.1 Å². The summed E-state index contributed by atoms with van der Waals surface area (Å²) in [6.07, 6.45) is 0.